The number of nitrogens with two attached hydrogens (primary N) is 1. The molecule has 21 heavy (non-hydrogen) atoms. The zero-order chi connectivity index (χ0) is 15.2. The Bertz CT molecular complexity index is 417. The summed E-state index contributed by atoms with van der Waals surface area (Å²) in [6, 6.07) is 0.867. The maximum absolute atomic E-state index is 6.17. The SMILES string of the molecule is CCCn1cncc1C(CN)N1CCCN(C)CC1CC. The molecule has 2 rings (SSSR count). The standard InChI is InChI=1S/C16H31N5/c1-4-7-20-13-18-11-16(20)15(10-17)21-9-6-8-19(3)12-14(21)5-2/h11,13-15H,4-10,12,17H2,1-3H3. The molecule has 0 bridgehead atoms. The average Bonchev–Trinajstić information content (AvgIpc) is 2.84. The van der Waals surface area contributed by atoms with Crippen LogP contribution in [0.15, 0.2) is 12.5 Å². The first-order valence-electron chi connectivity index (χ1n) is 8.35. The zero-order valence-corrected chi connectivity index (χ0v) is 13.8. The number of hydrogen-bond donors (Lipinski definition) is 1. The molecule has 2 heterocycles. The predicted octanol–water partition coefficient (Wildman–Crippen LogP) is 1.71. The van der Waals surface area contributed by atoms with Crippen LogP contribution < -0.4 is 5.73 Å². The van der Waals surface area contributed by atoms with Gasteiger partial charge in [-0.1, -0.05) is 13.8 Å². The summed E-state index contributed by atoms with van der Waals surface area (Å²) in [7, 11) is 2.23. The van der Waals surface area contributed by atoms with Gasteiger partial charge in [0, 0.05) is 38.4 Å². The summed E-state index contributed by atoms with van der Waals surface area (Å²) in [6.45, 7) is 9.62. The number of nitrogens with zero attached hydrogens (tertiary/aromatic N) is 4. The summed E-state index contributed by atoms with van der Waals surface area (Å²) in [5.41, 5.74) is 7.45. The van der Waals surface area contributed by atoms with Crippen molar-refractivity contribution in [1.82, 2.24) is 19.4 Å². The van der Waals surface area contributed by atoms with Crippen LogP contribution in [0.5, 0.6) is 0 Å². The van der Waals surface area contributed by atoms with Crippen molar-refractivity contribution in [2.45, 2.75) is 51.7 Å². The molecule has 1 aliphatic heterocycles. The smallest absolute Gasteiger partial charge is 0.0948 e. The molecular formula is C16H31N5. The van der Waals surface area contributed by atoms with E-state index in [-0.39, 0.29) is 6.04 Å². The summed E-state index contributed by atoms with van der Waals surface area (Å²) in [5.74, 6) is 0. The summed E-state index contributed by atoms with van der Waals surface area (Å²) < 4.78 is 2.28. The van der Waals surface area contributed by atoms with Crippen molar-refractivity contribution in [3.63, 3.8) is 0 Å². The molecular weight excluding hydrogens is 262 g/mol. The van der Waals surface area contributed by atoms with Gasteiger partial charge in [-0.05, 0) is 32.9 Å². The van der Waals surface area contributed by atoms with E-state index in [2.05, 4.69) is 40.2 Å². The third-order valence-electron chi connectivity index (χ3n) is 4.59. The van der Waals surface area contributed by atoms with Crippen molar-refractivity contribution in [1.29, 1.82) is 0 Å². The Balaban J connectivity index is 2.23. The van der Waals surface area contributed by atoms with Crippen LogP contribution in [-0.4, -0.2) is 58.6 Å². The number of rotatable bonds is 6. The van der Waals surface area contributed by atoms with Crippen LogP contribution in [0.4, 0.5) is 0 Å². The third-order valence-corrected chi connectivity index (χ3v) is 4.59. The molecule has 1 aromatic heterocycles. The highest BCUT2D eigenvalue weighted by molar-refractivity contribution is 5.08. The maximum atomic E-state index is 6.17. The second kappa shape index (κ2) is 7.92. The lowest BCUT2D eigenvalue weighted by Gasteiger charge is -2.36. The fraction of sp³-hybridized carbons (Fsp3) is 0.812. The number of imidazole rings is 1. The van der Waals surface area contributed by atoms with Crippen molar-refractivity contribution in [3.05, 3.63) is 18.2 Å². The molecule has 5 heteroatoms. The molecule has 2 N–H and O–H groups in total. The molecule has 0 saturated carbocycles. The summed E-state index contributed by atoms with van der Waals surface area (Å²) in [5, 5.41) is 0. The molecule has 0 radical (unpaired) electrons. The number of aryl methyl sites for hydroxylation is 1. The Kier molecular flexibility index (Phi) is 6.21. The first-order valence-corrected chi connectivity index (χ1v) is 8.35. The lowest BCUT2D eigenvalue weighted by atomic mass is 10.1. The lowest BCUT2D eigenvalue weighted by Crippen LogP contribution is -2.44. The first kappa shape index (κ1) is 16.5. The summed E-state index contributed by atoms with van der Waals surface area (Å²) in [6.07, 6.45) is 7.47. The molecule has 120 valence electrons. The molecule has 5 nitrogen and oxygen atoms in total. The summed E-state index contributed by atoms with van der Waals surface area (Å²) >= 11 is 0. The van der Waals surface area contributed by atoms with Crippen LogP contribution in [0.3, 0.4) is 0 Å². The Hall–Kier alpha value is -0.910. The molecule has 1 aromatic rings. The third kappa shape index (κ3) is 3.84. The maximum Gasteiger partial charge on any atom is 0.0948 e. The van der Waals surface area contributed by atoms with E-state index in [0.717, 1.165) is 26.1 Å². The van der Waals surface area contributed by atoms with Gasteiger partial charge in [0.1, 0.15) is 0 Å². The normalized spacial score (nSPS) is 23.1. The molecule has 1 saturated heterocycles. The van der Waals surface area contributed by atoms with E-state index in [0.29, 0.717) is 12.6 Å². The highest BCUT2D eigenvalue weighted by atomic mass is 15.3. The molecule has 2 unspecified atom stereocenters. The van der Waals surface area contributed by atoms with Gasteiger partial charge in [0.05, 0.1) is 18.1 Å². The zero-order valence-electron chi connectivity index (χ0n) is 13.8. The van der Waals surface area contributed by atoms with Gasteiger partial charge in [0.2, 0.25) is 0 Å². The predicted molar refractivity (Wildman–Crippen MR) is 87.2 cm³/mol. The molecule has 1 aliphatic rings. The number of likely N-dealkylation sites (N-methyl/N-ethyl adjacent to an activating group) is 1. The largest absolute Gasteiger partial charge is 0.333 e. The van der Waals surface area contributed by atoms with Crippen LogP contribution >= 0.6 is 0 Å². The van der Waals surface area contributed by atoms with Crippen molar-refractivity contribution >= 4 is 0 Å². The van der Waals surface area contributed by atoms with E-state index in [1.54, 1.807) is 0 Å². The number of hydrogen-bond acceptors (Lipinski definition) is 4. The number of aromatic nitrogens is 2. The van der Waals surface area contributed by atoms with E-state index >= 15 is 0 Å². The molecule has 0 amide bonds. The molecule has 1 fully saturated rings. The topological polar surface area (TPSA) is 50.3 Å². The molecule has 0 aromatic carbocycles. The second-order valence-corrected chi connectivity index (χ2v) is 6.18. The van der Waals surface area contributed by atoms with Gasteiger partial charge >= 0.3 is 0 Å². The van der Waals surface area contributed by atoms with Gasteiger partial charge < -0.3 is 15.2 Å². The molecule has 0 spiro atoms. The minimum atomic E-state index is 0.287. The second-order valence-electron chi connectivity index (χ2n) is 6.18. The van der Waals surface area contributed by atoms with Crippen LogP contribution in [0.2, 0.25) is 0 Å². The van der Waals surface area contributed by atoms with Gasteiger partial charge in [0.15, 0.2) is 0 Å². The lowest BCUT2D eigenvalue weighted by molar-refractivity contribution is 0.126. The van der Waals surface area contributed by atoms with Gasteiger partial charge in [0.25, 0.3) is 0 Å². The van der Waals surface area contributed by atoms with Crippen molar-refractivity contribution in [2.24, 2.45) is 5.73 Å². The Labute approximate surface area is 129 Å². The fourth-order valence-corrected chi connectivity index (χ4v) is 3.50. The Morgan fingerprint density at radius 3 is 2.86 bits per heavy atom. The Morgan fingerprint density at radius 1 is 1.38 bits per heavy atom. The molecule has 2 atom stereocenters. The van der Waals surface area contributed by atoms with Gasteiger partial charge in [-0.2, -0.15) is 0 Å². The highest BCUT2D eigenvalue weighted by Gasteiger charge is 2.30. The quantitative estimate of drug-likeness (QED) is 0.867. The first-order chi connectivity index (χ1) is 10.2. The molecule has 0 aliphatic carbocycles. The van der Waals surface area contributed by atoms with Gasteiger partial charge in [-0.15, -0.1) is 0 Å². The van der Waals surface area contributed by atoms with Crippen LogP contribution in [0.25, 0.3) is 0 Å². The summed E-state index contributed by atoms with van der Waals surface area (Å²) in [4.78, 5) is 9.43. The van der Waals surface area contributed by atoms with E-state index in [9.17, 15) is 0 Å². The monoisotopic (exact) mass is 293 g/mol. The van der Waals surface area contributed by atoms with Crippen LogP contribution in [0, 0.1) is 0 Å². The van der Waals surface area contributed by atoms with Gasteiger partial charge in [-0.3, -0.25) is 4.90 Å². The average molecular weight is 293 g/mol. The van der Waals surface area contributed by atoms with E-state index < -0.39 is 0 Å². The van der Waals surface area contributed by atoms with E-state index in [1.807, 2.05) is 12.5 Å². The highest BCUT2D eigenvalue weighted by Crippen LogP contribution is 2.25. The van der Waals surface area contributed by atoms with Crippen LogP contribution in [-0.2, 0) is 6.54 Å². The van der Waals surface area contributed by atoms with Crippen molar-refractivity contribution < 1.29 is 0 Å². The Morgan fingerprint density at radius 2 is 2.19 bits per heavy atom. The van der Waals surface area contributed by atoms with Crippen LogP contribution in [0.1, 0.15) is 44.8 Å². The van der Waals surface area contributed by atoms with Crippen molar-refractivity contribution in [3.8, 4) is 0 Å². The van der Waals surface area contributed by atoms with Gasteiger partial charge in [-0.25, -0.2) is 4.98 Å². The van der Waals surface area contributed by atoms with E-state index in [4.69, 9.17) is 5.73 Å². The van der Waals surface area contributed by atoms with Crippen molar-refractivity contribution in [2.75, 3.05) is 33.2 Å². The van der Waals surface area contributed by atoms with E-state index in [1.165, 1.54) is 25.1 Å². The minimum absolute atomic E-state index is 0.287. The fourth-order valence-electron chi connectivity index (χ4n) is 3.50. The minimum Gasteiger partial charge on any atom is -0.333 e.